The average Bonchev–Trinajstić information content (AvgIpc) is 2.06. The van der Waals surface area contributed by atoms with Crippen LogP contribution in [0.4, 0.5) is 5.82 Å². The fourth-order valence-electron chi connectivity index (χ4n) is 0.850. The summed E-state index contributed by atoms with van der Waals surface area (Å²) in [5.74, 6) is 2.06. The van der Waals surface area contributed by atoms with Crippen LogP contribution in [0.1, 0.15) is 6.92 Å². The monoisotopic (exact) mass is 240 g/mol. The quantitative estimate of drug-likeness (QED) is 0.823. The molecule has 5 heteroatoms. The molecule has 1 N–H and O–H groups in total. The minimum atomic E-state index is 0. The lowest BCUT2D eigenvalue weighted by Crippen LogP contribution is -1.93. The summed E-state index contributed by atoms with van der Waals surface area (Å²) in [5.41, 5.74) is 0. The molecule has 1 heterocycles. The van der Waals surface area contributed by atoms with E-state index in [1.807, 2.05) is 13.1 Å². The van der Waals surface area contributed by atoms with Gasteiger partial charge in [-0.2, -0.15) is 0 Å². The molecule has 76 valence electrons. The van der Waals surface area contributed by atoms with Crippen molar-refractivity contribution in [1.82, 2.24) is 4.98 Å². The van der Waals surface area contributed by atoms with Gasteiger partial charge in [0.05, 0.1) is 0 Å². The third-order valence-corrected chi connectivity index (χ3v) is 2.24. The Bertz CT molecular complexity index is 233. The van der Waals surface area contributed by atoms with Crippen LogP contribution in [0.15, 0.2) is 23.2 Å². The van der Waals surface area contributed by atoms with Crippen molar-refractivity contribution in [3.05, 3.63) is 18.3 Å². The maximum atomic E-state index is 4.18. The van der Waals surface area contributed by atoms with Crippen molar-refractivity contribution in [3.8, 4) is 0 Å². The lowest BCUT2D eigenvalue weighted by molar-refractivity contribution is 1.21. The smallest absolute Gasteiger partial charge is 0.139 e. The largest absolute Gasteiger partial charge is 0.372 e. The van der Waals surface area contributed by atoms with Crippen LogP contribution in [0.5, 0.6) is 0 Å². The number of aromatic nitrogens is 1. The summed E-state index contributed by atoms with van der Waals surface area (Å²) in [6, 6.07) is 4.03. The molecule has 0 aliphatic heterocycles. The number of halogens is 2. The molecule has 0 aliphatic rings. The zero-order valence-electron chi connectivity index (χ0n) is 7.61. The van der Waals surface area contributed by atoms with Gasteiger partial charge >= 0.3 is 0 Å². The highest BCUT2D eigenvalue weighted by atomic mass is 35.5. The first-order chi connectivity index (χ1) is 5.38. The molecule has 0 unspecified atom stereocenters. The molecule has 13 heavy (non-hydrogen) atoms. The van der Waals surface area contributed by atoms with Crippen LogP contribution in [0.2, 0.25) is 0 Å². The summed E-state index contributed by atoms with van der Waals surface area (Å²) >= 11 is 1.80. The third-order valence-electron chi connectivity index (χ3n) is 1.31. The summed E-state index contributed by atoms with van der Waals surface area (Å²) in [7, 11) is 1.89. The summed E-state index contributed by atoms with van der Waals surface area (Å²) in [6.45, 7) is 2.14. The fraction of sp³-hybridized carbons (Fsp3) is 0.375. The van der Waals surface area contributed by atoms with Gasteiger partial charge in [0.2, 0.25) is 0 Å². The summed E-state index contributed by atoms with van der Waals surface area (Å²) in [5, 5.41) is 3.05. The van der Waals surface area contributed by atoms with Crippen molar-refractivity contribution in [2.75, 3.05) is 18.1 Å². The standard InChI is InChI=1S/C8H12N2S.2ClH/c1-3-11-7-5-4-6-10-8(7)9-2;;/h4-6H,3H2,1-2H3,(H,9,10);2*1H. The van der Waals surface area contributed by atoms with E-state index in [1.165, 1.54) is 4.90 Å². The number of anilines is 1. The molecule has 0 saturated carbocycles. The Morgan fingerprint density at radius 1 is 1.46 bits per heavy atom. The van der Waals surface area contributed by atoms with E-state index in [4.69, 9.17) is 0 Å². The number of nitrogens with one attached hydrogen (secondary N) is 1. The van der Waals surface area contributed by atoms with Gasteiger partial charge in [0, 0.05) is 18.1 Å². The topological polar surface area (TPSA) is 24.9 Å². The molecule has 0 saturated heterocycles. The molecule has 0 aromatic carbocycles. The third kappa shape index (κ3) is 4.60. The first kappa shape index (κ1) is 15.4. The molecule has 1 aromatic heterocycles. The molecular formula is C8H14Cl2N2S. The highest BCUT2D eigenvalue weighted by molar-refractivity contribution is 7.99. The van der Waals surface area contributed by atoms with Gasteiger partial charge in [0.15, 0.2) is 0 Å². The maximum absolute atomic E-state index is 4.18. The number of hydrogen-bond donors (Lipinski definition) is 1. The van der Waals surface area contributed by atoms with Crippen LogP contribution < -0.4 is 5.32 Å². The van der Waals surface area contributed by atoms with E-state index in [-0.39, 0.29) is 24.8 Å². The summed E-state index contributed by atoms with van der Waals surface area (Å²) < 4.78 is 0. The fourth-order valence-corrected chi connectivity index (χ4v) is 1.63. The van der Waals surface area contributed by atoms with Crippen molar-refractivity contribution in [2.45, 2.75) is 11.8 Å². The molecule has 0 amide bonds. The van der Waals surface area contributed by atoms with Crippen molar-refractivity contribution < 1.29 is 0 Å². The van der Waals surface area contributed by atoms with Crippen molar-refractivity contribution in [1.29, 1.82) is 0 Å². The lowest BCUT2D eigenvalue weighted by Gasteiger charge is -2.04. The molecule has 1 rings (SSSR count). The molecule has 0 radical (unpaired) electrons. The van der Waals surface area contributed by atoms with Crippen molar-refractivity contribution in [3.63, 3.8) is 0 Å². The Morgan fingerprint density at radius 3 is 2.69 bits per heavy atom. The van der Waals surface area contributed by atoms with Crippen LogP contribution >= 0.6 is 36.6 Å². The Balaban J connectivity index is 0. The Kier molecular flexibility index (Phi) is 10.0. The van der Waals surface area contributed by atoms with Gasteiger partial charge in [0.25, 0.3) is 0 Å². The van der Waals surface area contributed by atoms with Crippen molar-refractivity contribution in [2.24, 2.45) is 0 Å². The SMILES string of the molecule is CCSc1cccnc1NC.Cl.Cl. The van der Waals surface area contributed by atoms with Crippen LogP contribution in [0.25, 0.3) is 0 Å². The Morgan fingerprint density at radius 2 is 2.15 bits per heavy atom. The highest BCUT2D eigenvalue weighted by Crippen LogP contribution is 2.23. The molecule has 2 nitrogen and oxygen atoms in total. The van der Waals surface area contributed by atoms with Gasteiger partial charge in [-0.3, -0.25) is 0 Å². The van der Waals surface area contributed by atoms with Crippen LogP contribution in [-0.4, -0.2) is 17.8 Å². The normalized spacial score (nSPS) is 8.15. The molecule has 0 bridgehead atoms. The predicted molar refractivity (Wildman–Crippen MR) is 64.7 cm³/mol. The summed E-state index contributed by atoms with van der Waals surface area (Å²) in [4.78, 5) is 5.40. The second-order valence-electron chi connectivity index (χ2n) is 2.03. The van der Waals surface area contributed by atoms with E-state index < -0.39 is 0 Å². The van der Waals surface area contributed by atoms with Crippen LogP contribution in [-0.2, 0) is 0 Å². The van der Waals surface area contributed by atoms with Crippen LogP contribution in [0, 0.1) is 0 Å². The summed E-state index contributed by atoms with van der Waals surface area (Å²) in [6.07, 6.45) is 1.80. The van der Waals surface area contributed by atoms with E-state index in [0.29, 0.717) is 0 Å². The van der Waals surface area contributed by atoms with Gasteiger partial charge in [0.1, 0.15) is 5.82 Å². The second kappa shape index (κ2) is 8.48. The lowest BCUT2D eigenvalue weighted by atomic mass is 10.5. The number of rotatable bonds is 3. The first-order valence-corrected chi connectivity index (χ1v) is 4.62. The zero-order chi connectivity index (χ0) is 8.10. The minimum Gasteiger partial charge on any atom is -0.372 e. The molecule has 0 aliphatic carbocycles. The second-order valence-corrected chi connectivity index (χ2v) is 3.34. The predicted octanol–water partition coefficient (Wildman–Crippen LogP) is 3.08. The molecule has 1 aromatic rings. The molecule has 0 spiro atoms. The van der Waals surface area contributed by atoms with E-state index in [2.05, 4.69) is 23.3 Å². The molecular weight excluding hydrogens is 227 g/mol. The number of thioether (sulfide) groups is 1. The number of hydrogen-bond acceptors (Lipinski definition) is 3. The Labute approximate surface area is 95.7 Å². The van der Waals surface area contributed by atoms with Gasteiger partial charge < -0.3 is 5.32 Å². The van der Waals surface area contributed by atoms with Crippen molar-refractivity contribution >= 4 is 42.4 Å². The average molecular weight is 241 g/mol. The Hall–Kier alpha value is -0.120. The maximum Gasteiger partial charge on any atom is 0.139 e. The number of nitrogens with zero attached hydrogens (tertiary/aromatic N) is 1. The zero-order valence-corrected chi connectivity index (χ0v) is 10.1. The van der Waals surface area contributed by atoms with E-state index in [1.54, 1.807) is 18.0 Å². The molecule has 0 fully saturated rings. The molecule has 0 atom stereocenters. The van der Waals surface area contributed by atoms with E-state index in [9.17, 15) is 0 Å². The van der Waals surface area contributed by atoms with Gasteiger partial charge in [-0.1, -0.05) is 6.92 Å². The number of pyridine rings is 1. The van der Waals surface area contributed by atoms with E-state index >= 15 is 0 Å². The minimum absolute atomic E-state index is 0. The van der Waals surface area contributed by atoms with Gasteiger partial charge in [-0.05, 0) is 17.9 Å². The first-order valence-electron chi connectivity index (χ1n) is 3.64. The van der Waals surface area contributed by atoms with E-state index in [0.717, 1.165) is 11.6 Å². The van der Waals surface area contributed by atoms with Crippen LogP contribution in [0.3, 0.4) is 0 Å². The van der Waals surface area contributed by atoms with Gasteiger partial charge in [-0.25, -0.2) is 4.98 Å². The highest BCUT2D eigenvalue weighted by Gasteiger charge is 1.98. The van der Waals surface area contributed by atoms with Gasteiger partial charge in [-0.15, -0.1) is 36.6 Å².